The number of aromatic amines is 1. The molecule has 0 amide bonds. The second kappa shape index (κ2) is 7.72. The van der Waals surface area contributed by atoms with Crippen LogP contribution >= 0.6 is 0 Å². The predicted octanol–water partition coefficient (Wildman–Crippen LogP) is 4.39. The summed E-state index contributed by atoms with van der Waals surface area (Å²) < 4.78 is 34.0. The zero-order valence-electron chi connectivity index (χ0n) is 16.8. The van der Waals surface area contributed by atoms with Gasteiger partial charge in [-0.15, -0.1) is 0 Å². The zero-order chi connectivity index (χ0) is 21.3. The first kappa shape index (κ1) is 19.8. The van der Waals surface area contributed by atoms with Gasteiger partial charge in [0.15, 0.2) is 9.84 Å². The first-order chi connectivity index (χ1) is 14.4. The van der Waals surface area contributed by atoms with Crippen molar-refractivity contribution >= 4 is 32.2 Å². The predicted molar refractivity (Wildman–Crippen MR) is 117 cm³/mol. The van der Waals surface area contributed by atoms with E-state index >= 15 is 0 Å². The van der Waals surface area contributed by atoms with E-state index in [0.717, 1.165) is 27.8 Å². The number of anilines is 2. The van der Waals surface area contributed by atoms with Crippen LogP contribution in [0.4, 0.5) is 11.5 Å². The van der Waals surface area contributed by atoms with Crippen LogP contribution in [0.2, 0.25) is 0 Å². The minimum absolute atomic E-state index is 0.273. The average Bonchev–Trinajstić information content (AvgIpc) is 3.18. The Hall–Kier alpha value is -3.52. The van der Waals surface area contributed by atoms with E-state index in [0.29, 0.717) is 17.3 Å². The molecule has 0 saturated carbocycles. The van der Waals surface area contributed by atoms with Gasteiger partial charge in [0, 0.05) is 40.8 Å². The normalized spacial score (nSPS) is 11.4. The van der Waals surface area contributed by atoms with Crippen LogP contribution in [0.25, 0.3) is 22.2 Å². The summed E-state index contributed by atoms with van der Waals surface area (Å²) >= 11 is 0. The first-order valence-electron chi connectivity index (χ1n) is 9.16. The SMILES string of the molecule is COc1cc(OC)cc(-c2cc3c(Nc4ccc(S(C)(=O)=O)cc4)nccc3[nH]2)c1. The van der Waals surface area contributed by atoms with Gasteiger partial charge in [0.25, 0.3) is 0 Å². The van der Waals surface area contributed by atoms with Gasteiger partial charge in [-0.05, 0) is 48.5 Å². The van der Waals surface area contributed by atoms with Crippen LogP contribution in [-0.4, -0.2) is 38.9 Å². The molecule has 0 atom stereocenters. The Bertz CT molecular complexity index is 1290. The lowest BCUT2D eigenvalue weighted by atomic mass is 10.1. The second-order valence-electron chi connectivity index (χ2n) is 6.83. The summed E-state index contributed by atoms with van der Waals surface area (Å²) in [6.45, 7) is 0. The first-order valence-corrected chi connectivity index (χ1v) is 11.0. The molecule has 0 radical (unpaired) electrons. The van der Waals surface area contributed by atoms with E-state index in [4.69, 9.17) is 9.47 Å². The molecule has 0 spiro atoms. The van der Waals surface area contributed by atoms with Gasteiger partial charge < -0.3 is 19.8 Å². The number of pyridine rings is 1. The van der Waals surface area contributed by atoms with Gasteiger partial charge in [0.2, 0.25) is 0 Å². The van der Waals surface area contributed by atoms with Crippen LogP contribution < -0.4 is 14.8 Å². The third-order valence-corrected chi connectivity index (χ3v) is 5.88. The summed E-state index contributed by atoms with van der Waals surface area (Å²) in [7, 11) is -0.00320. The fourth-order valence-electron chi connectivity index (χ4n) is 3.19. The van der Waals surface area contributed by atoms with Crippen molar-refractivity contribution in [2.75, 3.05) is 25.8 Å². The van der Waals surface area contributed by atoms with Crippen LogP contribution in [0.1, 0.15) is 0 Å². The molecule has 0 aliphatic heterocycles. The van der Waals surface area contributed by atoms with E-state index in [-0.39, 0.29) is 4.90 Å². The highest BCUT2D eigenvalue weighted by molar-refractivity contribution is 7.90. The molecular weight excluding hydrogens is 402 g/mol. The monoisotopic (exact) mass is 423 g/mol. The Morgan fingerprint density at radius 2 is 1.60 bits per heavy atom. The number of benzene rings is 2. The molecule has 2 heterocycles. The maximum atomic E-state index is 11.7. The topological polar surface area (TPSA) is 93.3 Å². The Balaban J connectivity index is 1.71. The van der Waals surface area contributed by atoms with E-state index in [1.807, 2.05) is 30.3 Å². The van der Waals surface area contributed by atoms with Gasteiger partial charge in [0.1, 0.15) is 17.3 Å². The molecule has 2 N–H and O–H groups in total. The molecule has 0 aliphatic rings. The maximum Gasteiger partial charge on any atom is 0.175 e. The average molecular weight is 423 g/mol. The minimum atomic E-state index is -3.23. The summed E-state index contributed by atoms with van der Waals surface area (Å²) in [5.74, 6) is 2.06. The van der Waals surface area contributed by atoms with Crippen molar-refractivity contribution in [2.24, 2.45) is 0 Å². The number of sulfone groups is 1. The lowest BCUT2D eigenvalue weighted by Gasteiger charge is -2.07. The number of hydrogen-bond donors (Lipinski definition) is 2. The summed E-state index contributed by atoms with van der Waals surface area (Å²) in [6, 6.07) is 16.2. The second-order valence-corrected chi connectivity index (χ2v) is 8.84. The molecule has 0 aliphatic carbocycles. The number of ether oxygens (including phenoxy) is 2. The van der Waals surface area contributed by atoms with Crippen molar-refractivity contribution in [3.05, 3.63) is 60.8 Å². The number of H-pyrrole nitrogens is 1. The molecule has 0 fully saturated rings. The van der Waals surface area contributed by atoms with Crippen LogP contribution in [0.15, 0.2) is 65.7 Å². The standard InChI is InChI=1S/C22H21N3O4S/c1-28-16-10-14(11-17(12-16)29-2)21-13-19-20(25-21)8-9-23-22(19)24-15-4-6-18(7-5-15)30(3,26)27/h4-13,25H,1-3H3,(H,23,24). The number of nitrogens with zero attached hydrogens (tertiary/aromatic N) is 1. The fraction of sp³-hybridized carbons (Fsp3) is 0.136. The smallest absolute Gasteiger partial charge is 0.175 e. The lowest BCUT2D eigenvalue weighted by molar-refractivity contribution is 0.394. The van der Waals surface area contributed by atoms with E-state index in [9.17, 15) is 8.42 Å². The van der Waals surface area contributed by atoms with E-state index in [1.165, 1.54) is 6.26 Å². The van der Waals surface area contributed by atoms with E-state index in [2.05, 4.69) is 15.3 Å². The number of hydrogen-bond acceptors (Lipinski definition) is 6. The minimum Gasteiger partial charge on any atom is -0.497 e. The van der Waals surface area contributed by atoms with Crippen LogP contribution in [0, 0.1) is 0 Å². The van der Waals surface area contributed by atoms with Crippen molar-refractivity contribution in [2.45, 2.75) is 4.90 Å². The summed E-state index contributed by atoms with van der Waals surface area (Å²) in [5.41, 5.74) is 3.47. The molecule has 0 saturated heterocycles. The van der Waals surface area contributed by atoms with Gasteiger partial charge in [-0.25, -0.2) is 13.4 Å². The molecule has 8 heteroatoms. The van der Waals surface area contributed by atoms with Crippen LogP contribution in [0.5, 0.6) is 11.5 Å². The highest BCUT2D eigenvalue weighted by Crippen LogP contribution is 2.33. The molecule has 30 heavy (non-hydrogen) atoms. The molecule has 4 aromatic rings. The summed E-state index contributed by atoms with van der Waals surface area (Å²) in [6.07, 6.45) is 2.90. The molecule has 4 rings (SSSR count). The molecule has 154 valence electrons. The molecular formula is C22H21N3O4S. The van der Waals surface area contributed by atoms with Crippen molar-refractivity contribution < 1.29 is 17.9 Å². The summed E-state index contributed by atoms with van der Waals surface area (Å²) in [4.78, 5) is 8.12. The van der Waals surface area contributed by atoms with Crippen LogP contribution in [0.3, 0.4) is 0 Å². The van der Waals surface area contributed by atoms with Crippen LogP contribution in [-0.2, 0) is 9.84 Å². The number of nitrogens with one attached hydrogen (secondary N) is 2. The Morgan fingerprint density at radius 1 is 0.933 bits per heavy atom. The quantitative estimate of drug-likeness (QED) is 0.478. The lowest BCUT2D eigenvalue weighted by Crippen LogP contribution is -1.98. The number of methoxy groups -OCH3 is 2. The van der Waals surface area contributed by atoms with Gasteiger partial charge >= 0.3 is 0 Å². The van der Waals surface area contributed by atoms with E-state index in [1.54, 1.807) is 44.7 Å². The zero-order valence-corrected chi connectivity index (χ0v) is 17.6. The Kier molecular flexibility index (Phi) is 5.09. The Labute approximate surface area is 174 Å². The van der Waals surface area contributed by atoms with Crippen molar-refractivity contribution in [3.63, 3.8) is 0 Å². The third kappa shape index (κ3) is 3.95. The van der Waals surface area contributed by atoms with Gasteiger partial charge in [-0.3, -0.25) is 0 Å². The van der Waals surface area contributed by atoms with Crippen molar-refractivity contribution in [1.29, 1.82) is 0 Å². The maximum absolute atomic E-state index is 11.7. The molecule has 0 unspecified atom stereocenters. The number of aromatic nitrogens is 2. The van der Waals surface area contributed by atoms with Gasteiger partial charge in [-0.1, -0.05) is 0 Å². The third-order valence-electron chi connectivity index (χ3n) is 4.76. The highest BCUT2D eigenvalue weighted by atomic mass is 32.2. The van der Waals surface area contributed by atoms with Crippen molar-refractivity contribution in [1.82, 2.24) is 9.97 Å². The largest absolute Gasteiger partial charge is 0.497 e. The highest BCUT2D eigenvalue weighted by Gasteiger charge is 2.12. The van der Waals surface area contributed by atoms with Crippen molar-refractivity contribution in [3.8, 4) is 22.8 Å². The molecule has 2 aromatic carbocycles. The Morgan fingerprint density at radius 3 is 2.20 bits per heavy atom. The molecule has 2 aromatic heterocycles. The van der Waals surface area contributed by atoms with Gasteiger partial charge in [0.05, 0.1) is 24.6 Å². The fourth-order valence-corrected chi connectivity index (χ4v) is 3.82. The molecule has 7 nitrogen and oxygen atoms in total. The number of rotatable bonds is 6. The molecule has 0 bridgehead atoms. The summed E-state index contributed by atoms with van der Waals surface area (Å²) in [5, 5.41) is 4.16. The van der Waals surface area contributed by atoms with E-state index < -0.39 is 9.84 Å². The van der Waals surface area contributed by atoms with Gasteiger partial charge in [-0.2, -0.15) is 0 Å². The number of fused-ring (bicyclic) bond motifs is 1.